The number of likely N-dealkylation sites (N-methyl/N-ethyl adjacent to an activating group) is 1. The van der Waals surface area contributed by atoms with Gasteiger partial charge >= 0.3 is 6.03 Å². The highest BCUT2D eigenvalue weighted by molar-refractivity contribution is 5.90. The van der Waals surface area contributed by atoms with Crippen molar-refractivity contribution < 1.29 is 9.59 Å². The molecule has 4 atom stereocenters. The van der Waals surface area contributed by atoms with E-state index in [2.05, 4.69) is 40.4 Å². The number of rotatable bonds is 6. The third-order valence-corrected chi connectivity index (χ3v) is 7.52. The highest BCUT2D eigenvalue weighted by Gasteiger charge is 2.41. The second kappa shape index (κ2) is 8.65. The minimum atomic E-state index is 0.0224. The van der Waals surface area contributed by atoms with Crippen molar-refractivity contribution in [3.05, 3.63) is 35.0 Å². The zero-order chi connectivity index (χ0) is 22.3. The number of hydrogen-bond acceptors (Lipinski definition) is 3. The first-order valence-electron chi connectivity index (χ1n) is 11.7. The molecular formula is C25H36N4O2. The fraction of sp³-hybridized carbons (Fsp3) is 0.600. The van der Waals surface area contributed by atoms with Gasteiger partial charge in [-0.05, 0) is 64.3 Å². The van der Waals surface area contributed by atoms with Gasteiger partial charge < -0.3 is 20.1 Å². The van der Waals surface area contributed by atoms with E-state index in [9.17, 15) is 9.59 Å². The minimum absolute atomic E-state index is 0.0224. The number of Topliss-reactive ketones (excluding diaryl/α,β-unsaturated/α-hetero) is 1. The van der Waals surface area contributed by atoms with Crippen LogP contribution in [0.15, 0.2) is 18.2 Å². The van der Waals surface area contributed by atoms with E-state index in [1.54, 1.807) is 6.92 Å². The molecule has 0 radical (unpaired) electrons. The number of likely N-dealkylation sites (tertiary alicyclic amines) is 1. The van der Waals surface area contributed by atoms with Crippen molar-refractivity contribution in [1.82, 2.24) is 20.1 Å². The molecular weight excluding hydrogens is 388 g/mol. The Morgan fingerprint density at radius 1 is 1.29 bits per heavy atom. The number of nitrogens with one attached hydrogen (secondary N) is 2. The summed E-state index contributed by atoms with van der Waals surface area (Å²) >= 11 is 0. The van der Waals surface area contributed by atoms with Gasteiger partial charge in [-0.1, -0.05) is 19.1 Å². The molecule has 1 aromatic carbocycles. The fourth-order valence-corrected chi connectivity index (χ4v) is 5.61. The molecule has 2 unspecified atom stereocenters. The molecule has 31 heavy (non-hydrogen) atoms. The third kappa shape index (κ3) is 3.98. The molecule has 0 bridgehead atoms. The average molecular weight is 425 g/mol. The number of fused-ring (bicyclic) bond motifs is 2. The second-order valence-corrected chi connectivity index (χ2v) is 9.44. The van der Waals surface area contributed by atoms with Crippen LogP contribution in [0.4, 0.5) is 4.79 Å². The average Bonchev–Trinajstić information content (AvgIpc) is 3.08. The van der Waals surface area contributed by atoms with Crippen LogP contribution in [-0.4, -0.2) is 65.4 Å². The Hall–Kier alpha value is -2.34. The summed E-state index contributed by atoms with van der Waals surface area (Å²) in [5.41, 5.74) is 5.16. The minimum Gasteiger partial charge on any atom is -0.358 e. The number of H-pyrrole nitrogens is 1. The van der Waals surface area contributed by atoms with E-state index in [0.29, 0.717) is 12.0 Å². The van der Waals surface area contributed by atoms with E-state index < -0.39 is 0 Å². The standard InChI is InChI=1S/C25H36N4O2/c1-6-29(7-2)25(31)26-17-12-19-18-9-8-10-21-24(18)20(13-23(19)28(5)14-17)22(27-21)11-15(3)16(4)30/h8-10,15,17,19,23,27H,6-7,11-14H2,1-5H3,(H,26,31)/t15?,17?,19-,23-/m1/s1. The molecule has 2 amide bonds. The first kappa shape index (κ1) is 21.9. The first-order chi connectivity index (χ1) is 14.8. The largest absolute Gasteiger partial charge is 0.358 e. The van der Waals surface area contributed by atoms with Gasteiger partial charge in [-0.25, -0.2) is 4.79 Å². The van der Waals surface area contributed by atoms with E-state index in [-0.39, 0.29) is 23.8 Å². The molecule has 0 spiro atoms. The normalized spacial score (nSPS) is 24.0. The van der Waals surface area contributed by atoms with E-state index in [4.69, 9.17) is 0 Å². The molecule has 1 saturated heterocycles. The lowest BCUT2D eigenvalue weighted by atomic mass is 9.73. The van der Waals surface area contributed by atoms with Crippen LogP contribution in [0.5, 0.6) is 0 Å². The molecule has 6 heteroatoms. The first-order valence-corrected chi connectivity index (χ1v) is 11.7. The number of aromatic nitrogens is 1. The number of amides is 2. The predicted molar refractivity (Wildman–Crippen MR) is 125 cm³/mol. The van der Waals surface area contributed by atoms with Crippen molar-refractivity contribution in [3.63, 3.8) is 0 Å². The Bertz CT molecular complexity index is 977. The van der Waals surface area contributed by atoms with E-state index in [1.165, 1.54) is 27.7 Å². The molecule has 1 aliphatic heterocycles. The number of nitrogens with zero attached hydrogens (tertiary/aromatic N) is 2. The summed E-state index contributed by atoms with van der Waals surface area (Å²) in [5.74, 6) is 0.654. The maximum atomic E-state index is 12.7. The van der Waals surface area contributed by atoms with Crippen LogP contribution in [0.25, 0.3) is 10.9 Å². The summed E-state index contributed by atoms with van der Waals surface area (Å²) in [5, 5.41) is 4.63. The summed E-state index contributed by atoms with van der Waals surface area (Å²) in [6, 6.07) is 7.15. The maximum Gasteiger partial charge on any atom is 0.317 e. The zero-order valence-electron chi connectivity index (χ0n) is 19.5. The number of ketones is 1. The van der Waals surface area contributed by atoms with E-state index in [0.717, 1.165) is 38.9 Å². The Labute approximate surface area is 185 Å². The molecule has 2 N–H and O–H groups in total. The lowest BCUT2D eigenvalue weighted by molar-refractivity contribution is -0.120. The Morgan fingerprint density at radius 2 is 2.03 bits per heavy atom. The number of carbonyl (C=O) groups excluding carboxylic acids is 2. The summed E-state index contributed by atoms with van der Waals surface area (Å²) < 4.78 is 0. The smallest absolute Gasteiger partial charge is 0.317 e. The van der Waals surface area contributed by atoms with Crippen molar-refractivity contribution in [3.8, 4) is 0 Å². The number of aromatic amines is 1. The van der Waals surface area contributed by atoms with E-state index >= 15 is 0 Å². The topological polar surface area (TPSA) is 68.4 Å². The van der Waals surface area contributed by atoms with E-state index in [1.807, 2.05) is 25.7 Å². The van der Waals surface area contributed by atoms with Crippen molar-refractivity contribution in [2.24, 2.45) is 5.92 Å². The SMILES string of the molecule is CCN(CC)C(=O)NC1C[C@@H]2c3cccc4[nH]c(CC(C)C(C)=O)c(c34)C[C@H]2N(C)C1. The molecule has 4 rings (SSSR count). The van der Waals surface area contributed by atoms with Crippen LogP contribution in [0.2, 0.25) is 0 Å². The molecule has 2 aromatic rings. The Kier molecular flexibility index (Phi) is 6.11. The van der Waals surface area contributed by atoms with Gasteiger partial charge in [-0.15, -0.1) is 0 Å². The molecule has 2 heterocycles. The number of urea groups is 1. The van der Waals surface area contributed by atoms with Gasteiger partial charge in [-0.3, -0.25) is 4.79 Å². The molecule has 1 aromatic heterocycles. The summed E-state index contributed by atoms with van der Waals surface area (Å²) in [7, 11) is 2.18. The highest BCUT2D eigenvalue weighted by atomic mass is 16.2. The van der Waals surface area contributed by atoms with Crippen LogP contribution in [0.1, 0.15) is 56.9 Å². The lowest BCUT2D eigenvalue weighted by Crippen LogP contribution is -2.56. The second-order valence-electron chi connectivity index (χ2n) is 9.44. The van der Waals surface area contributed by atoms with Gasteiger partial charge in [0.25, 0.3) is 0 Å². The summed E-state index contributed by atoms with van der Waals surface area (Å²) in [6.07, 6.45) is 2.72. The lowest BCUT2D eigenvalue weighted by Gasteiger charge is -2.46. The molecule has 168 valence electrons. The Morgan fingerprint density at radius 3 is 2.71 bits per heavy atom. The van der Waals surface area contributed by atoms with Crippen LogP contribution < -0.4 is 5.32 Å². The quantitative estimate of drug-likeness (QED) is 0.743. The van der Waals surface area contributed by atoms with Gasteiger partial charge in [0, 0.05) is 60.2 Å². The predicted octanol–water partition coefficient (Wildman–Crippen LogP) is 3.70. The monoisotopic (exact) mass is 424 g/mol. The van der Waals surface area contributed by atoms with Crippen molar-refractivity contribution in [1.29, 1.82) is 0 Å². The van der Waals surface area contributed by atoms with Crippen molar-refractivity contribution in [2.75, 3.05) is 26.7 Å². The van der Waals surface area contributed by atoms with Crippen LogP contribution in [0, 0.1) is 5.92 Å². The number of piperidine rings is 1. The van der Waals surface area contributed by atoms with Crippen molar-refractivity contribution >= 4 is 22.7 Å². The van der Waals surface area contributed by atoms with Crippen LogP contribution >= 0.6 is 0 Å². The van der Waals surface area contributed by atoms with Gasteiger partial charge in [0.2, 0.25) is 0 Å². The molecule has 2 aliphatic rings. The van der Waals surface area contributed by atoms with Gasteiger partial charge in [0.1, 0.15) is 5.78 Å². The third-order valence-electron chi connectivity index (χ3n) is 7.52. The Balaban J connectivity index is 1.64. The van der Waals surface area contributed by atoms with Crippen molar-refractivity contribution in [2.45, 2.75) is 65.0 Å². The van der Waals surface area contributed by atoms with Gasteiger partial charge in [0.05, 0.1) is 0 Å². The number of hydrogen-bond donors (Lipinski definition) is 2. The van der Waals surface area contributed by atoms with Crippen LogP contribution in [0.3, 0.4) is 0 Å². The number of benzene rings is 1. The zero-order valence-corrected chi connectivity index (χ0v) is 19.5. The summed E-state index contributed by atoms with van der Waals surface area (Å²) in [4.78, 5) is 32.4. The highest BCUT2D eigenvalue weighted by Crippen LogP contribution is 2.44. The molecule has 6 nitrogen and oxygen atoms in total. The fourth-order valence-electron chi connectivity index (χ4n) is 5.61. The van der Waals surface area contributed by atoms with Crippen LogP contribution in [-0.2, 0) is 17.6 Å². The maximum absolute atomic E-state index is 12.7. The molecule has 1 aliphatic carbocycles. The van der Waals surface area contributed by atoms with Gasteiger partial charge in [0.15, 0.2) is 0 Å². The van der Waals surface area contributed by atoms with Gasteiger partial charge in [-0.2, -0.15) is 0 Å². The molecule has 0 saturated carbocycles. The number of carbonyl (C=O) groups is 2. The summed E-state index contributed by atoms with van der Waals surface area (Å²) in [6.45, 7) is 10.1. The molecule has 1 fully saturated rings.